The van der Waals surface area contributed by atoms with E-state index in [2.05, 4.69) is 10.6 Å². The minimum absolute atomic E-state index is 0.223. The van der Waals surface area contributed by atoms with Crippen LogP contribution in [0.5, 0.6) is 0 Å². The molecule has 0 aliphatic rings. The molecule has 112 valence electrons. The van der Waals surface area contributed by atoms with Crippen LogP contribution in [0, 0.1) is 6.92 Å². The molecular formula is C17H15ClN2OS. The second kappa shape index (κ2) is 7.73. The SMILES string of the molecule is Cc1ccc(C=CC(=O)NC(=S)Nc2cccc(Cl)c2)cc1. The monoisotopic (exact) mass is 330 g/mol. The lowest BCUT2D eigenvalue weighted by atomic mass is 10.1. The van der Waals surface area contributed by atoms with Gasteiger partial charge in [0.05, 0.1) is 0 Å². The number of amides is 1. The van der Waals surface area contributed by atoms with Gasteiger partial charge in [-0.15, -0.1) is 0 Å². The number of rotatable bonds is 3. The Labute approximate surface area is 140 Å². The Morgan fingerprint density at radius 1 is 1.18 bits per heavy atom. The van der Waals surface area contributed by atoms with Crippen molar-refractivity contribution in [1.29, 1.82) is 0 Å². The zero-order valence-corrected chi connectivity index (χ0v) is 13.5. The van der Waals surface area contributed by atoms with E-state index in [0.29, 0.717) is 5.02 Å². The molecule has 3 nitrogen and oxygen atoms in total. The third kappa shape index (κ3) is 5.31. The molecule has 0 saturated heterocycles. The molecule has 0 saturated carbocycles. The number of thiocarbonyl (C=S) groups is 1. The summed E-state index contributed by atoms with van der Waals surface area (Å²) in [5.74, 6) is -0.292. The van der Waals surface area contributed by atoms with Crippen LogP contribution in [0.1, 0.15) is 11.1 Å². The first kappa shape index (κ1) is 16.2. The highest BCUT2D eigenvalue weighted by Gasteiger charge is 2.02. The number of hydrogen-bond acceptors (Lipinski definition) is 2. The maximum absolute atomic E-state index is 11.8. The molecule has 1 amide bonds. The minimum Gasteiger partial charge on any atom is -0.332 e. The van der Waals surface area contributed by atoms with E-state index in [4.69, 9.17) is 23.8 Å². The van der Waals surface area contributed by atoms with Crippen molar-refractivity contribution in [3.8, 4) is 0 Å². The maximum atomic E-state index is 11.8. The third-order valence-electron chi connectivity index (χ3n) is 2.82. The van der Waals surface area contributed by atoms with Crippen molar-refractivity contribution >= 4 is 46.6 Å². The predicted molar refractivity (Wildman–Crippen MR) is 96.0 cm³/mol. The number of nitrogens with one attached hydrogen (secondary N) is 2. The molecule has 22 heavy (non-hydrogen) atoms. The van der Waals surface area contributed by atoms with E-state index < -0.39 is 0 Å². The van der Waals surface area contributed by atoms with Gasteiger partial charge in [-0.25, -0.2) is 0 Å². The summed E-state index contributed by atoms with van der Waals surface area (Å²) >= 11 is 11.0. The van der Waals surface area contributed by atoms with Gasteiger partial charge < -0.3 is 5.32 Å². The summed E-state index contributed by atoms with van der Waals surface area (Å²) in [6.07, 6.45) is 3.17. The number of anilines is 1. The minimum atomic E-state index is -0.292. The van der Waals surface area contributed by atoms with Gasteiger partial charge in [-0.1, -0.05) is 47.5 Å². The van der Waals surface area contributed by atoms with E-state index in [9.17, 15) is 4.79 Å². The fourth-order valence-electron chi connectivity index (χ4n) is 1.73. The number of carbonyl (C=O) groups is 1. The molecule has 0 aliphatic carbocycles. The largest absolute Gasteiger partial charge is 0.332 e. The molecule has 0 atom stereocenters. The molecule has 2 rings (SSSR count). The lowest BCUT2D eigenvalue weighted by Gasteiger charge is -2.08. The second-order valence-corrected chi connectivity index (χ2v) is 5.54. The molecule has 2 N–H and O–H groups in total. The summed E-state index contributed by atoms with van der Waals surface area (Å²) in [5, 5.41) is 6.30. The zero-order chi connectivity index (χ0) is 15.9. The fraction of sp³-hybridized carbons (Fsp3) is 0.0588. The molecule has 2 aromatic rings. The first-order valence-corrected chi connectivity index (χ1v) is 7.44. The van der Waals surface area contributed by atoms with Gasteiger partial charge in [-0.3, -0.25) is 10.1 Å². The van der Waals surface area contributed by atoms with Crippen molar-refractivity contribution < 1.29 is 4.79 Å². The topological polar surface area (TPSA) is 41.1 Å². The van der Waals surface area contributed by atoms with Gasteiger partial charge in [0.1, 0.15) is 0 Å². The molecule has 0 radical (unpaired) electrons. The van der Waals surface area contributed by atoms with Crippen LogP contribution in [-0.4, -0.2) is 11.0 Å². The fourth-order valence-corrected chi connectivity index (χ4v) is 2.14. The molecule has 0 heterocycles. The van der Waals surface area contributed by atoms with Gasteiger partial charge in [0.2, 0.25) is 5.91 Å². The smallest absolute Gasteiger partial charge is 0.250 e. The highest BCUT2D eigenvalue weighted by Crippen LogP contribution is 2.14. The highest BCUT2D eigenvalue weighted by molar-refractivity contribution is 7.80. The van der Waals surface area contributed by atoms with Crippen LogP contribution in [0.15, 0.2) is 54.6 Å². The first-order valence-electron chi connectivity index (χ1n) is 6.65. The molecule has 0 aliphatic heterocycles. The van der Waals surface area contributed by atoms with Crippen molar-refractivity contribution in [2.45, 2.75) is 6.92 Å². The highest BCUT2D eigenvalue weighted by atomic mass is 35.5. The Balaban J connectivity index is 1.88. The quantitative estimate of drug-likeness (QED) is 0.655. The molecule has 0 unspecified atom stereocenters. The van der Waals surface area contributed by atoms with E-state index in [1.807, 2.05) is 37.3 Å². The van der Waals surface area contributed by atoms with Gasteiger partial charge in [0, 0.05) is 16.8 Å². The van der Waals surface area contributed by atoms with Crippen LogP contribution in [0.2, 0.25) is 5.02 Å². The lowest BCUT2D eigenvalue weighted by Crippen LogP contribution is -2.32. The van der Waals surface area contributed by atoms with E-state index in [1.165, 1.54) is 11.6 Å². The first-order chi connectivity index (χ1) is 10.5. The van der Waals surface area contributed by atoms with Crippen molar-refractivity contribution in [3.05, 3.63) is 70.8 Å². The predicted octanol–water partition coefficient (Wildman–Crippen LogP) is 4.17. The Morgan fingerprint density at radius 3 is 2.59 bits per heavy atom. The molecule has 0 bridgehead atoms. The number of hydrogen-bond donors (Lipinski definition) is 2. The Hall–Kier alpha value is -2.17. The van der Waals surface area contributed by atoms with Crippen LogP contribution in [0.4, 0.5) is 5.69 Å². The average Bonchev–Trinajstić information content (AvgIpc) is 2.46. The Kier molecular flexibility index (Phi) is 5.69. The van der Waals surface area contributed by atoms with E-state index in [-0.39, 0.29) is 11.0 Å². The lowest BCUT2D eigenvalue weighted by molar-refractivity contribution is -0.115. The van der Waals surface area contributed by atoms with Crippen LogP contribution in [0.3, 0.4) is 0 Å². The molecular weight excluding hydrogens is 316 g/mol. The summed E-state index contributed by atoms with van der Waals surface area (Å²) in [5.41, 5.74) is 2.85. The molecule has 0 spiro atoms. The van der Waals surface area contributed by atoms with Crippen molar-refractivity contribution in [2.75, 3.05) is 5.32 Å². The third-order valence-corrected chi connectivity index (χ3v) is 3.26. The summed E-state index contributed by atoms with van der Waals surface area (Å²) in [7, 11) is 0. The van der Waals surface area contributed by atoms with Crippen molar-refractivity contribution in [1.82, 2.24) is 5.32 Å². The van der Waals surface area contributed by atoms with Gasteiger partial charge in [-0.05, 0) is 49.0 Å². The van der Waals surface area contributed by atoms with Crippen LogP contribution < -0.4 is 10.6 Å². The summed E-state index contributed by atoms with van der Waals surface area (Å²) in [6, 6.07) is 15.0. The number of halogens is 1. The summed E-state index contributed by atoms with van der Waals surface area (Å²) < 4.78 is 0. The van der Waals surface area contributed by atoms with Crippen molar-refractivity contribution in [2.24, 2.45) is 0 Å². The van der Waals surface area contributed by atoms with Crippen LogP contribution in [0.25, 0.3) is 6.08 Å². The standard InChI is InChI=1S/C17H15ClN2OS/c1-12-5-7-13(8-6-12)9-10-16(21)20-17(22)19-15-4-2-3-14(18)11-15/h2-11H,1H3,(H2,19,20,21,22). The molecule has 0 fully saturated rings. The van der Waals surface area contributed by atoms with E-state index in [1.54, 1.807) is 24.3 Å². The summed E-state index contributed by atoms with van der Waals surface area (Å²) in [6.45, 7) is 2.01. The maximum Gasteiger partial charge on any atom is 0.250 e. The van der Waals surface area contributed by atoms with Crippen LogP contribution in [-0.2, 0) is 4.79 Å². The number of benzene rings is 2. The Bertz CT molecular complexity index is 711. The molecule has 5 heteroatoms. The normalized spacial score (nSPS) is 10.5. The van der Waals surface area contributed by atoms with E-state index in [0.717, 1.165) is 11.3 Å². The molecule has 2 aromatic carbocycles. The summed E-state index contributed by atoms with van der Waals surface area (Å²) in [4.78, 5) is 11.8. The average molecular weight is 331 g/mol. The zero-order valence-electron chi connectivity index (χ0n) is 12.0. The number of aryl methyl sites for hydroxylation is 1. The number of carbonyl (C=O) groups excluding carboxylic acids is 1. The van der Waals surface area contributed by atoms with Gasteiger partial charge in [0.25, 0.3) is 0 Å². The van der Waals surface area contributed by atoms with Gasteiger partial charge >= 0.3 is 0 Å². The second-order valence-electron chi connectivity index (χ2n) is 4.70. The Morgan fingerprint density at radius 2 is 1.91 bits per heavy atom. The van der Waals surface area contributed by atoms with Gasteiger partial charge in [0.15, 0.2) is 5.11 Å². The van der Waals surface area contributed by atoms with Crippen molar-refractivity contribution in [3.63, 3.8) is 0 Å². The van der Waals surface area contributed by atoms with Crippen LogP contribution >= 0.6 is 23.8 Å². The molecule has 0 aromatic heterocycles. The van der Waals surface area contributed by atoms with Gasteiger partial charge in [-0.2, -0.15) is 0 Å². The van der Waals surface area contributed by atoms with E-state index >= 15 is 0 Å².